The van der Waals surface area contributed by atoms with Crippen LogP contribution in [0.3, 0.4) is 0 Å². The number of rotatable bonds is 2. The lowest BCUT2D eigenvalue weighted by Gasteiger charge is -2.31. The minimum absolute atomic E-state index is 0.0890. The molecule has 6 nitrogen and oxygen atoms in total. The van der Waals surface area contributed by atoms with Crippen molar-refractivity contribution in [3.05, 3.63) is 0 Å². The molecule has 1 unspecified atom stereocenters. The Labute approximate surface area is 69.3 Å². The molecule has 1 fully saturated rings. The fraction of sp³-hybridized carbons (Fsp3) is 0.667. The summed E-state index contributed by atoms with van der Waals surface area (Å²) in [5.41, 5.74) is 5.48. The number of hydrogen-bond donors (Lipinski definition) is 3. The zero-order valence-electron chi connectivity index (χ0n) is 6.49. The van der Waals surface area contributed by atoms with Crippen molar-refractivity contribution in [2.75, 3.05) is 13.2 Å². The lowest BCUT2D eigenvalue weighted by atomic mass is 10.2. The first kappa shape index (κ1) is 8.95. The minimum atomic E-state index is -0.613. The van der Waals surface area contributed by atoms with Gasteiger partial charge in [-0.1, -0.05) is 0 Å². The smallest absolute Gasteiger partial charge is 0.325 e. The highest BCUT2D eigenvalue weighted by Crippen LogP contribution is 2.04. The molecule has 0 bridgehead atoms. The Bertz CT molecular complexity index is 206. The van der Waals surface area contributed by atoms with E-state index in [-0.39, 0.29) is 25.5 Å². The molecular formula is C6H11N3O3. The Morgan fingerprint density at radius 1 is 1.67 bits per heavy atom. The largest absolute Gasteiger partial charge is 0.395 e. The van der Waals surface area contributed by atoms with Gasteiger partial charge in [0.15, 0.2) is 0 Å². The van der Waals surface area contributed by atoms with Crippen molar-refractivity contribution >= 4 is 11.9 Å². The van der Waals surface area contributed by atoms with Crippen LogP contribution in [0.25, 0.3) is 0 Å². The third-order valence-corrected chi connectivity index (χ3v) is 1.64. The summed E-state index contributed by atoms with van der Waals surface area (Å²) in [6, 6.07) is -0.534. The Morgan fingerprint density at radius 2 is 2.33 bits per heavy atom. The predicted molar refractivity (Wildman–Crippen MR) is 39.9 cm³/mol. The lowest BCUT2D eigenvalue weighted by Crippen LogP contribution is -2.58. The van der Waals surface area contributed by atoms with Crippen LogP contribution >= 0.6 is 0 Å². The fourth-order valence-electron chi connectivity index (χ4n) is 1.07. The summed E-state index contributed by atoms with van der Waals surface area (Å²) in [7, 11) is 0. The first-order valence-electron chi connectivity index (χ1n) is 3.62. The van der Waals surface area contributed by atoms with Crippen LogP contribution < -0.4 is 11.1 Å². The van der Waals surface area contributed by atoms with E-state index in [9.17, 15) is 9.59 Å². The van der Waals surface area contributed by atoms with Gasteiger partial charge in [-0.25, -0.2) is 4.79 Å². The molecule has 0 aromatic heterocycles. The standard InChI is InChI=1S/C6H11N3O3/c7-4-3-5(11)8-6(12)9(4)1-2-10/h4,10H,1-3,7H2,(H,8,11,12). The number of urea groups is 1. The second-order valence-corrected chi connectivity index (χ2v) is 2.54. The van der Waals surface area contributed by atoms with Crippen LogP contribution in [0.15, 0.2) is 0 Å². The molecule has 6 heteroatoms. The third-order valence-electron chi connectivity index (χ3n) is 1.64. The predicted octanol–water partition coefficient (Wildman–Crippen LogP) is -1.79. The Hall–Kier alpha value is -1.14. The average Bonchev–Trinajstić information content (AvgIpc) is 1.96. The number of imide groups is 1. The van der Waals surface area contributed by atoms with E-state index < -0.39 is 12.2 Å². The number of aliphatic hydroxyl groups excluding tert-OH is 1. The molecule has 12 heavy (non-hydrogen) atoms. The van der Waals surface area contributed by atoms with Gasteiger partial charge in [0.2, 0.25) is 5.91 Å². The SMILES string of the molecule is NC1CC(=O)NC(=O)N1CCO. The topological polar surface area (TPSA) is 95.7 Å². The van der Waals surface area contributed by atoms with E-state index in [4.69, 9.17) is 10.8 Å². The molecule has 0 aromatic rings. The molecular weight excluding hydrogens is 162 g/mol. The molecule has 3 amide bonds. The lowest BCUT2D eigenvalue weighted by molar-refractivity contribution is -0.122. The number of aliphatic hydroxyl groups is 1. The van der Waals surface area contributed by atoms with E-state index in [0.29, 0.717) is 0 Å². The van der Waals surface area contributed by atoms with Crippen LogP contribution in [-0.4, -0.2) is 41.3 Å². The van der Waals surface area contributed by atoms with E-state index >= 15 is 0 Å². The number of carbonyl (C=O) groups is 2. The van der Waals surface area contributed by atoms with Gasteiger partial charge in [-0.05, 0) is 0 Å². The van der Waals surface area contributed by atoms with Crippen LogP contribution in [0.5, 0.6) is 0 Å². The first-order valence-corrected chi connectivity index (χ1v) is 3.62. The van der Waals surface area contributed by atoms with Crippen molar-refractivity contribution in [3.63, 3.8) is 0 Å². The molecule has 1 rings (SSSR count). The Kier molecular flexibility index (Phi) is 2.61. The zero-order chi connectivity index (χ0) is 9.14. The average molecular weight is 173 g/mol. The second-order valence-electron chi connectivity index (χ2n) is 2.54. The number of carbonyl (C=O) groups excluding carboxylic acids is 2. The van der Waals surface area contributed by atoms with Gasteiger partial charge >= 0.3 is 6.03 Å². The van der Waals surface area contributed by atoms with Gasteiger partial charge in [-0.15, -0.1) is 0 Å². The fourth-order valence-corrected chi connectivity index (χ4v) is 1.07. The summed E-state index contributed by atoms with van der Waals surface area (Å²) in [4.78, 5) is 23.0. The maximum atomic E-state index is 11.0. The van der Waals surface area contributed by atoms with Gasteiger partial charge in [0.25, 0.3) is 0 Å². The molecule has 0 radical (unpaired) electrons. The quantitative estimate of drug-likeness (QED) is 0.459. The molecule has 0 aromatic carbocycles. The molecule has 1 aliphatic rings. The maximum absolute atomic E-state index is 11.0. The highest BCUT2D eigenvalue weighted by molar-refractivity contribution is 5.97. The minimum Gasteiger partial charge on any atom is -0.395 e. The normalized spacial score (nSPS) is 24.2. The summed E-state index contributed by atoms with van der Waals surface area (Å²) in [5.74, 6) is -0.373. The van der Waals surface area contributed by atoms with Crippen molar-refractivity contribution < 1.29 is 14.7 Å². The first-order chi connectivity index (χ1) is 5.65. The summed E-state index contributed by atoms with van der Waals surface area (Å²) in [5, 5.41) is 10.7. The third kappa shape index (κ3) is 1.72. The van der Waals surface area contributed by atoms with Gasteiger partial charge in [-0.2, -0.15) is 0 Å². The van der Waals surface area contributed by atoms with E-state index in [1.54, 1.807) is 0 Å². The molecule has 0 aliphatic carbocycles. The highest BCUT2D eigenvalue weighted by atomic mass is 16.3. The van der Waals surface area contributed by atoms with Gasteiger partial charge in [-0.3, -0.25) is 10.1 Å². The van der Waals surface area contributed by atoms with Crippen LogP contribution in [0.1, 0.15) is 6.42 Å². The monoisotopic (exact) mass is 173 g/mol. The van der Waals surface area contributed by atoms with E-state index in [1.807, 2.05) is 0 Å². The van der Waals surface area contributed by atoms with E-state index in [1.165, 1.54) is 4.90 Å². The van der Waals surface area contributed by atoms with E-state index in [2.05, 4.69) is 5.32 Å². The Balaban J connectivity index is 2.60. The molecule has 0 saturated carbocycles. The number of nitrogens with zero attached hydrogens (tertiary/aromatic N) is 1. The molecule has 1 heterocycles. The summed E-state index contributed by atoms with van der Waals surface area (Å²) in [6.07, 6.45) is -0.524. The second kappa shape index (κ2) is 3.51. The van der Waals surface area contributed by atoms with Crippen molar-refractivity contribution in [1.82, 2.24) is 10.2 Å². The van der Waals surface area contributed by atoms with Crippen LogP contribution in [0.2, 0.25) is 0 Å². The highest BCUT2D eigenvalue weighted by Gasteiger charge is 2.28. The molecule has 1 saturated heterocycles. The summed E-state index contributed by atoms with van der Waals surface area (Å²) < 4.78 is 0. The number of nitrogens with two attached hydrogens (primary N) is 1. The molecule has 1 atom stereocenters. The van der Waals surface area contributed by atoms with Crippen molar-refractivity contribution in [1.29, 1.82) is 0 Å². The van der Waals surface area contributed by atoms with Crippen molar-refractivity contribution in [2.24, 2.45) is 5.73 Å². The van der Waals surface area contributed by atoms with Crippen molar-refractivity contribution in [2.45, 2.75) is 12.6 Å². The van der Waals surface area contributed by atoms with Crippen LogP contribution in [0, 0.1) is 0 Å². The molecule has 4 N–H and O–H groups in total. The van der Waals surface area contributed by atoms with Gasteiger partial charge < -0.3 is 15.7 Å². The van der Waals surface area contributed by atoms with Crippen LogP contribution in [-0.2, 0) is 4.79 Å². The summed E-state index contributed by atoms with van der Waals surface area (Å²) in [6.45, 7) is -0.00437. The number of β-amino-alcohol motifs (C(OH)–C–C–N with tert-alkyl or cyclic N) is 1. The number of hydrogen-bond acceptors (Lipinski definition) is 4. The number of nitrogens with one attached hydrogen (secondary N) is 1. The Morgan fingerprint density at radius 3 is 2.83 bits per heavy atom. The molecule has 0 spiro atoms. The molecule has 68 valence electrons. The summed E-state index contributed by atoms with van der Waals surface area (Å²) >= 11 is 0. The molecule has 1 aliphatic heterocycles. The maximum Gasteiger partial charge on any atom is 0.325 e. The van der Waals surface area contributed by atoms with Crippen LogP contribution in [0.4, 0.5) is 4.79 Å². The van der Waals surface area contributed by atoms with Crippen molar-refractivity contribution in [3.8, 4) is 0 Å². The zero-order valence-corrected chi connectivity index (χ0v) is 6.49. The van der Waals surface area contributed by atoms with Gasteiger partial charge in [0.1, 0.15) is 0 Å². The van der Waals surface area contributed by atoms with Gasteiger partial charge in [0, 0.05) is 6.54 Å². The number of amides is 3. The van der Waals surface area contributed by atoms with E-state index in [0.717, 1.165) is 0 Å². The van der Waals surface area contributed by atoms with Gasteiger partial charge in [0.05, 0.1) is 19.2 Å².